The van der Waals surface area contributed by atoms with E-state index in [9.17, 15) is 12.8 Å². The Balaban J connectivity index is 1.59. The first-order chi connectivity index (χ1) is 14.2. The summed E-state index contributed by atoms with van der Waals surface area (Å²) < 4.78 is 43.5. The lowest BCUT2D eigenvalue weighted by atomic mass is 10.1. The summed E-state index contributed by atoms with van der Waals surface area (Å²) >= 11 is 1.44. The average molecular weight is 444 g/mol. The van der Waals surface area contributed by atoms with Crippen LogP contribution in [0.2, 0.25) is 0 Å². The highest BCUT2D eigenvalue weighted by atomic mass is 32.2. The van der Waals surface area contributed by atoms with Crippen LogP contribution in [0.25, 0.3) is 16.2 Å². The van der Waals surface area contributed by atoms with Crippen LogP contribution in [-0.2, 0) is 16.6 Å². The number of aromatic nitrogens is 2. The molecule has 4 aromatic rings. The van der Waals surface area contributed by atoms with Crippen LogP contribution < -0.4 is 4.72 Å². The second-order valence-corrected chi connectivity index (χ2v) is 10.2. The monoisotopic (exact) mass is 443 g/mol. The summed E-state index contributed by atoms with van der Waals surface area (Å²) in [6.45, 7) is 7.81. The average Bonchev–Trinajstić information content (AvgIpc) is 3.23. The van der Waals surface area contributed by atoms with Crippen LogP contribution >= 0.6 is 11.3 Å². The maximum atomic E-state index is 13.2. The first-order valence-corrected chi connectivity index (χ1v) is 11.8. The third-order valence-corrected chi connectivity index (χ3v) is 8.00. The van der Waals surface area contributed by atoms with Gasteiger partial charge in [-0.15, -0.1) is 0 Å². The molecule has 1 N–H and O–H groups in total. The molecule has 8 heteroatoms. The van der Waals surface area contributed by atoms with Crippen molar-refractivity contribution in [1.29, 1.82) is 0 Å². The van der Waals surface area contributed by atoms with E-state index in [2.05, 4.69) is 9.71 Å². The number of nitrogens with one attached hydrogen (secondary N) is 1. The van der Waals surface area contributed by atoms with Crippen molar-refractivity contribution in [2.45, 2.75) is 39.1 Å². The Morgan fingerprint density at radius 1 is 1.03 bits per heavy atom. The molecular formula is C22H22FN3O2S2. The third-order valence-electron chi connectivity index (χ3n) is 5.30. The zero-order valence-electron chi connectivity index (χ0n) is 17.2. The highest BCUT2D eigenvalue weighted by Crippen LogP contribution is 2.28. The predicted molar refractivity (Wildman–Crippen MR) is 118 cm³/mol. The number of sulfonamides is 1. The molecule has 0 aliphatic carbocycles. The van der Waals surface area contributed by atoms with Gasteiger partial charge in [-0.2, -0.15) is 0 Å². The second-order valence-electron chi connectivity index (χ2n) is 7.42. The fourth-order valence-electron chi connectivity index (χ4n) is 3.38. The first-order valence-electron chi connectivity index (χ1n) is 9.46. The Morgan fingerprint density at radius 3 is 2.37 bits per heavy atom. The Bertz CT molecular complexity index is 1350. The molecule has 0 aliphatic heterocycles. The van der Waals surface area contributed by atoms with E-state index >= 15 is 0 Å². The molecule has 5 nitrogen and oxygen atoms in total. The van der Waals surface area contributed by atoms with E-state index in [-0.39, 0.29) is 12.4 Å². The Labute approximate surface area is 179 Å². The minimum atomic E-state index is -3.63. The number of hydrogen-bond acceptors (Lipinski definition) is 4. The highest BCUT2D eigenvalue weighted by Gasteiger charge is 2.20. The maximum Gasteiger partial charge on any atom is 0.241 e. The fraction of sp³-hybridized carbons (Fsp3) is 0.227. The summed E-state index contributed by atoms with van der Waals surface area (Å²) in [5.41, 5.74) is 5.25. The van der Waals surface area contributed by atoms with Crippen molar-refractivity contribution in [3.05, 3.63) is 75.7 Å². The molecule has 0 atom stereocenters. The van der Waals surface area contributed by atoms with E-state index in [0.29, 0.717) is 4.90 Å². The van der Waals surface area contributed by atoms with Gasteiger partial charge in [-0.1, -0.05) is 17.4 Å². The standard InChI is InChI=1S/C22H22FN3O2S2/c1-13-9-15(3)21(10-14(13)2)30(27,28)24-11-20-16(4)26-12-19(25-22(26)29-20)17-5-7-18(23)8-6-17/h5-10,12,24H,11H2,1-4H3. The van der Waals surface area contributed by atoms with Crippen LogP contribution in [0.15, 0.2) is 47.5 Å². The summed E-state index contributed by atoms with van der Waals surface area (Å²) in [7, 11) is -3.63. The molecule has 2 aromatic carbocycles. The van der Waals surface area contributed by atoms with Crippen molar-refractivity contribution in [3.8, 4) is 11.3 Å². The second kappa shape index (κ2) is 7.61. The molecule has 0 saturated heterocycles. The maximum absolute atomic E-state index is 13.2. The number of rotatable bonds is 5. The van der Waals surface area contributed by atoms with E-state index in [1.165, 1.54) is 23.5 Å². The van der Waals surface area contributed by atoms with Gasteiger partial charge in [0.05, 0.1) is 10.6 Å². The molecule has 4 rings (SSSR count). The predicted octanol–water partition coefficient (Wildman–Crippen LogP) is 4.91. The zero-order valence-corrected chi connectivity index (χ0v) is 18.8. The van der Waals surface area contributed by atoms with Gasteiger partial charge in [0.25, 0.3) is 0 Å². The van der Waals surface area contributed by atoms with Crippen molar-refractivity contribution in [2.75, 3.05) is 0 Å². The summed E-state index contributed by atoms with van der Waals surface area (Å²) in [6, 6.07) is 9.81. The van der Waals surface area contributed by atoms with Gasteiger partial charge in [-0.05, 0) is 74.7 Å². The van der Waals surface area contributed by atoms with Gasteiger partial charge in [-0.25, -0.2) is 22.5 Å². The van der Waals surface area contributed by atoms with Crippen LogP contribution in [-0.4, -0.2) is 17.8 Å². The van der Waals surface area contributed by atoms with E-state index in [1.807, 2.05) is 44.4 Å². The molecule has 0 bridgehead atoms. The van der Waals surface area contributed by atoms with Crippen LogP contribution in [0.1, 0.15) is 27.3 Å². The number of thiazole rings is 1. The fourth-order valence-corrected chi connectivity index (χ4v) is 5.82. The lowest BCUT2D eigenvalue weighted by molar-refractivity contribution is 0.581. The minimum absolute atomic E-state index is 0.195. The highest BCUT2D eigenvalue weighted by molar-refractivity contribution is 7.89. The van der Waals surface area contributed by atoms with E-state index in [1.54, 1.807) is 18.2 Å². The molecule has 0 fully saturated rings. The molecule has 156 valence electrons. The topological polar surface area (TPSA) is 63.5 Å². The van der Waals surface area contributed by atoms with Gasteiger partial charge in [0.1, 0.15) is 5.82 Å². The van der Waals surface area contributed by atoms with Gasteiger partial charge >= 0.3 is 0 Å². The largest absolute Gasteiger partial charge is 0.294 e. The van der Waals surface area contributed by atoms with Gasteiger partial charge in [0, 0.05) is 28.9 Å². The molecule has 2 aromatic heterocycles. The van der Waals surface area contributed by atoms with Crippen molar-refractivity contribution in [2.24, 2.45) is 0 Å². The summed E-state index contributed by atoms with van der Waals surface area (Å²) in [6.07, 6.45) is 1.89. The van der Waals surface area contributed by atoms with Crippen molar-refractivity contribution in [1.82, 2.24) is 14.1 Å². The van der Waals surface area contributed by atoms with Crippen molar-refractivity contribution >= 4 is 26.3 Å². The van der Waals surface area contributed by atoms with Gasteiger partial charge < -0.3 is 0 Å². The molecule has 0 saturated carbocycles. The van der Waals surface area contributed by atoms with Crippen molar-refractivity contribution < 1.29 is 12.8 Å². The smallest absolute Gasteiger partial charge is 0.241 e. The third kappa shape index (κ3) is 3.78. The lowest BCUT2D eigenvalue weighted by Gasteiger charge is -2.11. The first kappa shape index (κ1) is 20.7. The van der Waals surface area contributed by atoms with E-state index < -0.39 is 10.0 Å². The van der Waals surface area contributed by atoms with Crippen LogP contribution in [0.3, 0.4) is 0 Å². The molecule has 0 radical (unpaired) electrons. The molecule has 2 heterocycles. The van der Waals surface area contributed by atoms with E-state index in [0.717, 1.165) is 43.5 Å². The number of hydrogen-bond donors (Lipinski definition) is 1. The molecule has 0 aliphatic rings. The van der Waals surface area contributed by atoms with Gasteiger partial charge in [0.2, 0.25) is 10.0 Å². The number of benzene rings is 2. The molecule has 0 amide bonds. The van der Waals surface area contributed by atoms with E-state index in [4.69, 9.17) is 0 Å². The number of aryl methyl sites for hydroxylation is 4. The van der Waals surface area contributed by atoms with Crippen LogP contribution in [0.5, 0.6) is 0 Å². The summed E-state index contributed by atoms with van der Waals surface area (Å²) in [5.74, 6) is -0.287. The van der Waals surface area contributed by atoms with Gasteiger partial charge in [-0.3, -0.25) is 4.40 Å². The number of halogens is 1. The van der Waals surface area contributed by atoms with Crippen LogP contribution in [0, 0.1) is 33.5 Å². The zero-order chi connectivity index (χ0) is 21.6. The summed E-state index contributed by atoms with van der Waals surface area (Å²) in [5, 5.41) is 0. The Morgan fingerprint density at radius 2 is 1.70 bits per heavy atom. The van der Waals surface area contributed by atoms with Crippen molar-refractivity contribution in [3.63, 3.8) is 0 Å². The molecular weight excluding hydrogens is 421 g/mol. The lowest BCUT2D eigenvalue weighted by Crippen LogP contribution is -2.24. The SMILES string of the molecule is Cc1cc(C)c(S(=O)(=O)NCc2sc3nc(-c4ccc(F)cc4)cn3c2C)cc1C. The number of imidazole rings is 1. The number of nitrogens with zero attached hydrogens (tertiary/aromatic N) is 2. The number of fused-ring (bicyclic) bond motifs is 1. The Hall–Kier alpha value is -2.55. The van der Waals surface area contributed by atoms with Crippen LogP contribution in [0.4, 0.5) is 4.39 Å². The molecule has 0 unspecified atom stereocenters. The summed E-state index contributed by atoms with van der Waals surface area (Å²) in [4.78, 5) is 6.59. The van der Waals surface area contributed by atoms with Gasteiger partial charge in [0.15, 0.2) is 4.96 Å². The Kier molecular flexibility index (Phi) is 5.25. The normalized spacial score (nSPS) is 12.0. The minimum Gasteiger partial charge on any atom is -0.294 e. The quantitative estimate of drug-likeness (QED) is 0.476. The molecule has 30 heavy (non-hydrogen) atoms. The molecule has 0 spiro atoms.